The van der Waals surface area contributed by atoms with Crippen molar-refractivity contribution in [3.63, 3.8) is 0 Å². The molecule has 3 heterocycles. The van der Waals surface area contributed by atoms with Gasteiger partial charge in [-0.25, -0.2) is 4.98 Å². The molecular formula is C14H7BrN2OS. The Labute approximate surface area is 121 Å². The lowest BCUT2D eigenvalue weighted by Gasteiger charge is -1.95. The molecule has 92 valence electrons. The van der Waals surface area contributed by atoms with Crippen molar-refractivity contribution in [1.29, 1.82) is 0 Å². The van der Waals surface area contributed by atoms with Gasteiger partial charge in [-0.1, -0.05) is 0 Å². The van der Waals surface area contributed by atoms with Gasteiger partial charge in [0.05, 0.1) is 15.7 Å². The van der Waals surface area contributed by atoms with Crippen LogP contribution in [-0.4, -0.2) is 9.97 Å². The van der Waals surface area contributed by atoms with Gasteiger partial charge in [-0.3, -0.25) is 4.98 Å². The van der Waals surface area contributed by atoms with Crippen molar-refractivity contribution in [3.8, 4) is 10.8 Å². The normalized spacial score (nSPS) is 11.4. The Hall–Kier alpha value is -1.72. The predicted octanol–water partition coefficient (Wildman–Crippen LogP) is 4.87. The van der Waals surface area contributed by atoms with Crippen LogP contribution in [0, 0.1) is 0 Å². The molecule has 0 spiro atoms. The standard InChI is InChI=1S/C14H7BrN2OS/c15-12-6-4-10(18-12)14-17-13-8-2-1-7-16-9(8)3-5-11(13)19-14/h1-7H. The fourth-order valence-electron chi connectivity index (χ4n) is 2.08. The number of benzene rings is 1. The third-order valence-corrected chi connectivity index (χ3v) is 4.38. The first-order chi connectivity index (χ1) is 9.31. The summed E-state index contributed by atoms with van der Waals surface area (Å²) in [5.74, 6) is 0.783. The number of pyridine rings is 1. The van der Waals surface area contributed by atoms with Crippen LogP contribution in [0.5, 0.6) is 0 Å². The van der Waals surface area contributed by atoms with Crippen LogP contribution in [0.1, 0.15) is 0 Å². The maximum Gasteiger partial charge on any atom is 0.170 e. The van der Waals surface area contributed by atoms with E-state index in [1.165, 1.54) is 0 Å². The van der Waals surface area contributed by atoms with Crippen LogP contribution in [0.2, 0.25) is 0 Å². The molecule has 0 atom stereocenters. The molecule has 3 aromatic heterocycles. The Bertz CT molecular complexity index is 897. The van der Waals surface area contributed by atoms with E-state index >= 15 is 0 Å². The molecule has 0 N–H and O–H groups in total. The largest absolute Gasteiger partial charge is 0.447 e. The third kappa shape index (κ3) is 1.77. The molecule has 0 fully saturated rings. The van der Waals surface area contributed by atoms with Crippen molar-refractivity contribution in [2.45, 2.75) is 0 Å². The van der Waals surface area contributed by atoms with Gasteiger partial charge in [-0.15, -0.1) is 11.3 Å². The minimum absolute atomic E-state index is 0.716. The second-order valence-corrected chi connectivity index (χ2v) is 5.92. The van der Waals surface area contributed by atoms with Gasteiger partial charge < -0.3 is 4.42 Å². The topological polar surface area (TPSA) is 38.9 Å². The van der Waals surface area contributed by atoms with Crippen molar-refractivity contribution in [1.82, 2.24) is 9.97 Å². The van der Waals surface area contributed by atoms with E-state index in [2.05, 4.69) is 32.0 Å². The van der Waals surface area contributed by atoms with Crippen LogP contribution in [0.15, 0.2) is 51.7 Å². The summed E-state index contributed by atoms with van der Waals surface area (Å²) in [7, 11) is 0. The van der Waals surface area contributed by atoms with Crippen molar-refractivity contribution < 1.29 is 4.42 Å². The number of furan rings is 1. The summed E-state index contributed by atoms with van der Waals surface area (Å²) < 4.78 is 7.42. The maximum absolute atomic E-state index is 5.56. The van der Waals surface area contributed by atoms with Crippen molar-refractivity contribution in [2.24, 2.45) is 0 Å². The molecule has 0 unspecified atom stereocenters. The number of rotatable bonds is 1. The van der Waals surface area contributed by atoms with Gasteiger partial charge >= 0.3 is 0 Å². The first kappa shape index (κ1) is 11.1. The molecule has 3 nitrogen and oxygen atoms in total. The highest BCUT2D eigenvalue weighted by Gasteiger charge is 2.12. The van der Waals surface area contributed by atoms with Gasteiger partial charge in [0, 0.05) is 11.6 Å². The Kier molecular flexibility index (Phi) is 2.43. The number of fused-ring (bicyclic) bond motifs is 3. The summed E-state index contributed by atoms with van der Waals surface area (Å²) in [6.07, 6.45) is 1.80. The first-order valence-electron chi connectivity index (χ1n) is 5.71. The zero-order chi connectivity index (χ0) is 12.8. The molecule has 0 aliphatic heterocycles. The number of hydrogen-bond donors (Lipinski definition) is 0. The summed E-state index contributed by atoms with van der Waals surface area (Å²) >= 11 is 4.94. The fraction of sp³-hybridized carbons (Fsp3) is 0. The van der Waals surface area contributed by atoms with E-state index < -0.39 is 0 Å². The van der Waals surface area contributed by atoms with Crippen molar-refractivity contribution in [3.05, 3.63) is 47.3 Å². The van der Waals surface area contributed by atoms with Crippen LogP contribution < -0.4 is 0 Å². The van der Waals surface area contributed by atoms with Gasteiger partial charge in [-0.05, 0) is 52.3 Å². The first-order valence-corrected chi connectivity index (χ1v) is 7.32. The zero-order valence-electron chi connectivity index (χ0n) is 9.63. The number of hydrogen-bond acceptors (Lipinski definition) is 4. The number of thiazole rings is 1. The highest BCUT2D eigenvalue weighted by Crippen LogP contribution is 2.35. The van der Waals surface area contributed by atoms with Gasteiger partial charge in [0.25, 0.3) is 0 Å². The summed E-state index contributed by atoms with van der Waals surface area (Å²) in [5.41, 5.74) is 1.95. The summed E-state index contributed by atoms with van der Waals surface area (Å²) in [6.45, 7) is 0. The van der Waals surface area contributed by atoms with E-state index in [0.717, 1.165) is 31.9 Å². The quantitative estimate of drug-likeness (QED) is 0.500. The van der Waals surface area contributed by atoms with Crippen molar-refractivity contribution in [2.75, 3.05) is 0 Å². The minimum Gasteiger partial charge on any atom is -0.447 e. The zero-order valence-corrected chi connectivity index (χ0v) is 12.0. The molecular weight excluding hydrogens is 324 g/mol. The van der Waals surface area contributed by atoms with E-state index in [1.54, 1.807) is 17.5 Å². The van der Waals surface area contributed by atoms with E-state index in [4.69, 9.17) is 4.42 Å². The van der Waals surface area contributed by atoms with Crippen LogP contribution in [-0.2, 0) is 0 Å². The second-order valence-electron chi connectivity index (χ2n) is 4.11. The van der Waals surface area contributed by atoms with Gasteiger partial charge in [0.2, 0.25) is 0 Å². The van der Waals surface area contributed by atoms with Crippen LogP contribution in [0.4, 0.5) is 0 Å². The SMILES string of the molecule is Brc1ccc(-c2nc3c(ccc4ncccc43)s2)o1. The molecule has 5 heteroatoms. The molecule has 0 amide bonds. The average Bonchev–Trinajstić information content (AvgIpc) is 3.04. The Morgan fingerprint density at radius 1 is 1.11 bits per heavy atom. The molecule has 0 saturated heterocycles. The third-order valence-electron chi connectivity index (χ3n) is 2.92. The van der Waals surface area contributed by atoms with Crippen LogP contribution in [0.25, 0.3) is 31.9 Å². The van der Waals surface area contributed by atoms with Gasteiger partial charge in [0.1, 0.15) is 0 Å². The molecule has 0 aliphatic carbocycles. The number of halogens is 1. The predicted molar refractivity (Wildman–Crippen MR) is 80.3 cm³/mol. The maximum atomic E-state index is 5.56. The molecule has 19 heavy (non-hydrogen) atoms. The highest BCUT2D eigenvalue weighted by atomic mass is 79.9. The van der Waals surface area contributed by atoms with E-state index in [9.17, 15) is 0 Å². The Morgan fingerprint density at radius 2 is 2.05 bits per heavy atom. The molecule has 0 saturated carbocycles. The summed E-state index contributed by atoms with van der Waals surface area (Å²) in [6, 6.07) is 11.9. The number of nitrogens with zero attached hydrogens (tertiary/aromatic N) is 2. The molecule has 1 aromatic carbocycles. The summed E-state index contributed by atoms with van der Waals surface area (Å²) in [4.78, 5) is 9.04. The molecule has 0 bridgehead atoms. The number of aromatic nitrogens is 2. The van der Waals surface area contributed by atoms with Gasteiger partial charge in [0.15, 0.2) is 15.4 Å². The lowest BCUT2D eigenvalue weighted by Crippen LogP contribution is -1.78. The fourth-order valence-corrected chi connectivity index (χ4v) is 3.33. The van der Waals surface area contributed by atoms with Crippen molar-refractivity contribution >= 4 is 48.4 Å². The smallest absolute Gasteiger partial charge is 0.170 e. The van der Waals surface area contributed by atoms with Gasteiger partial charge in [-0.2, -0.15) is 0 Å². The minimum atomic E-state index is 0.716. The van der Waals surface area contributed by atoms with E-state index in [1.807, 2.05) is 30.3 Å². The Balaban J connectivity index is 2.03. The second kappa shape index (κ2) is 4.15. The van der Waals surface area contributed by atoms with E-state index in [0.29, 0.717) is 4.67 Å². The molecule has 4 rings (SSSR count). The highest BCUT2D eigenvalue weighted by molar-refractivity contribution is 9.10. The average molecular weight is 331 g/mol. The molecule has 4 aromatic rings. The lowest BCUT2D eigenvalue weighted by molar-refractivity contribution is 0.555. The molecule has 0 aliphatic rings. The van der Waals surface area contributed by atoms with Crippen LogP contribution in [0.3, 0.4) is 0 Å². The summed E-state index contributed by atoms with van der Waals surface area (Å²) in [5, 5.41) is 1.96. The monoisotopic (exact) mass is 330 g/mol. The molecule has 0 radical (unpaired) electrons. The van der Waals surface area contributed by atoms with E-state index in [-0.39, 0.29) is 0 Å². The lowest BCUT2D eigenvalue weighted by atomic mass is 10.2. The van der Waals surface area contributed by atoms with Crippen LogP contribution >= 0.6 is 27.3 Å². The Morgan fingerprint density at radius 3 is 2.89 bits per heavy atom.